The van der Waals surface area contributed by atoms with Crippen molar-refractivity contribution in [1.29, 1.82) is 0 Å². The summed E-state index contributed by atoms with van der Waals surface area (Å²) in [6.45, 7) is 5.32. The second kappa shape index (κ2) is 3.75. The second-order valence-electron chi connectivity index (χ2n) is 4.11. The van der Waals surface area contributed by atoms with Crippen LogP contribution in [0, 0.1) is 6.92 Å². The van der Waals surface area contributed by atoms with Gasteiger partial charge in [0.25, 0.3) is 5.56 Å². The first kappa shape index (κ1) is 10.9. The van der Waals surface area contributed by atoms with Crippen molar-refractivity contribution in [2.45, 2.75) is 32.9 Å². The van der Waals surface area contributed by atoms with E-state index in [1.807, 2.05) is 13.8 Å². The first-order chi connectivity index (χ1) is 7.50. The average molecular weight is 221 g/mol. The number of hydrogen-bond acceptors (Lipinski definition) is 3. The van der Waals surface area contributed by atoms with Crippen LogP contribution in [0.15, 0.2) is 23.3 Å². The van der Waals surface area contributed by atoms with E-state index in [9.17, 15) is 9.90 Å². The molecule has 5 nitrogen and oxygen atoms in total. The molecule has 16 heavy (non-hydrogen) atoms. The van der Waals surface area contributed by atoms with Crippen LogP contribution in [-0.4, -0.2) is 25.4 Å². The Kier molecular flexibility index (Phi) is 2.55. The lowest BCUT2D eigenvalue weighted by atomic mass is 10.2. The molecule has 0 fully saturated rings. The van der Waals surface area contributed by atoms with Gasteiger partial charge in [-0.15, -0.1) is 0 Å². The van der Waals surface area contributed by atoms with E-state index in [1.54, 1.807) is 29.9 Å². The third kappa shape index (κ3) is 1.63. The highest BCUT2D eigenvalue weighted by molar-refractivity contribution is 5.44. The number of aliphatic hydroxyl groups excluding tert-OH is 1. The molecule has 0 radical (unpaired) electrons. The number of aromatic nitrogens is 3. The van der Waals surface area contributed by atoms with Crippen LogP contribution in [0.1, 0.15) is 25.6 Å². The molecular weight excluding hydrogens is 206 g/mol. The molecule has 2 aromatic heterocycles. The normalized spacial score (nSPS) is 15.2. The van der Waals surface area contributed by atoms with Crippen LogP contribution < -0.4 is 5.56 Å². The summed E-state index contributed by atoms with van der Waals surface area (Å²) in [4.78, 5) is 12.1. The topological polar surface area (TPSA) is 59.5 Å². The largest absolute Gasteiger partial charge is 0.391 e. The second-order valence-corrected chi connectivity index (χ2v) is 4.11. The van der Waals surface area contributed by atoms with Gasteiger partial charge in [-0.2, -0.15) is 5.10 Å². The summed E-state index contributed by atoms with van der Waals surface area (Å²) in [5, 5.41) is 13.7. The van der Waals surface area contributed by atoms with Crippen LogP contribution >= 0.6 is 0 Å². The molecule has 2 atom stereocenters. The lowest BCUT2D eigenvalue weighted by Crippen LogP contribution is -2.29. The Balaban J connectivity index is 2.65. The Labute approximate surface area is 92.9 Å². The van der Waals surface area contributed by atoms with Crippen molar-refractivity contribution < 1.29 is 5.11 Å². The third-order valence-corrected chi connectivity index (χ3v) is 2.82. The maximum absolute atomic E-state index is 12.1. The lowest BCUT2D eigenvalue weighted by Gasteiger charge is -2.17. The summed E-state index contributed by atoms with van der Waals surface area (Å²) >= 11 is 0. The quantitative estimate of drug-likeness (QED) is 0.814. The van der Waals surface area contributed by atoms with Gasteiger partial charge in [0.1, 0.15) is 5.52 Å². The van der Waals surface area contributed by atoms with Crippen molar-refractivity contribution in [2.24, 2.45) is 0 Å². The van der Waals surface area contributed by atoms with Crippen LogP contribution in [-0.2, 0) is 0 Å². The van der Waals surface area contributed by atoms with Crippen LogP contribution in [0.2, 0.25) is 0 Å². The molecule has 86 valence electrons. The van der Waals surface area contributed by atoms with E-state index in [0.29, 0.717) is 5.52 Å². The highest BCUT2D eigenvalue weighted by atomic mass is 16.3. The van der Waals surface area contributed by atoms with E-state index in [2.05, 4.69) is 5.10 Å². The first-order valence-electron chi connectivity index (χ1n) is 5.26. The van der Waals surface area contributed by atoms with Gasteiger partial charge in [-0.05, 0) is 26.8 Å². The Morgan fingerprint density at radius 3 is 2.69 bits per heavy atom. The highest BCUT2D eigenvalue weighted by Gasteiger charge is 2.14. The predicted octanol–water partition coefficient (Wildman–Crippen LogP) is 0.746. The van der Waals surface area contributed by atoms with Gasteiger partial charge in [0.15, 0.2) is 0 Å². The smallest absolute Gasteiger partial charge is 0.276 e. The number of rotatable bonds is 2. The van der Waals surface area contributed by atoms with Crippen molar-refractivity contribution in [3.05, 3.63) is 34.5 Å². The summed E-state index contributed by atoms with van der Waals surface area (Å²) in [7, 11) is 0. The molecule has 2 unspecified atom stereocenters. The van der Waals surface area contributed by atoms with Crippen molar-refractivity contribution >= 4 is 5.52 Å². The fourth-order valence-corrected chi connectivity index (χ4v) is 1.68. The fraction of sp³-hybridized carbons (Fsp3) is 0.455. The first-order valence-corrected chi connectivity index (χ1v) is 5.26. The van der Waals surface area contributed by atoms with Crippen molar-refractivity contribution in [3.63, 3.8) is 0 Å². The predicted molar refractivity (Wildman–Crippen MR) is 60.6 cm³/mol. The lowest BCUT2D eigenvalue weighted by molar-refractivity contribution is 0.137. The summed E-state index contributed by atoms with van der Waals surface area (Å²) < 4.78 is 3.09. The number of aryl methyl sites for hydroxylation is 1. The molecule has 0 aromatic carbocycles. The molecule has 0 spiro atoms. The summed E-state index contributed by atoms with van der Waals surface area (Å²) in [5.74, 6) is 0. The molecule has 0 bridgehead atoms. The molecular formula is C11H15N3O2. The Morgan fingerprint density at radius 2 is 2.06 bits per heavy atom. The Morgan fingerprint density at radius 1 is 1.38 bits per heavy atom. The van der Waals surface area contributed by atoms with Gasteiger partial charge in [-0.25, -0.2) is 4.52 Å². The minimum absolute atomic E-state index is 0.128. The van der Waals surface area contributed by atoms with Gasteiger partial charge in [0.2, 0.25) is 0 Å². The molecule has 0 saturated carbocycles. The number of aliphatic hydroxyl groups is 1. The van der Waals surface area contributed by atoms with Gasteiger partial charge in [0, 0.05) is 12.4 Å². The van der Waals surface area contributed by atoms with Crippen LogP contribution in [0.25, 0.3) is 5.52 Å². The van der Waals surface area contributed by atoms with Crippen LogP contribution in [0.3, 0.4) is 0 Å². The van der Waals surface area contributed by atoms with E-state index in [0.717, 1.165) is 5.69 Å². The highest BCUT2D eigenvalue weighted by Crippen LogP contribution is 2.09. The molecule has 0 amide bonds. The minimum Gasteiger partial charge on any atom is -0.391 e. The molecule has 0 aliphatic rings. The average Bonchev–Trinajstić information content (AvgIpc) is 2.59. The van der Waals surface area contributed by atoms with Crippen LogP contribution in [0.5, 0.6) is 0 Å². The van der Waals surface area contributed by atoms with Gasteiger partial charge < -0.3 is 9.67 Å². The Bertz CT molecular complexity index is 568. The molecule has 2 aromatic rings. The molecule has 2 rings (SSSR count). The van der Waals surface area contributed by atoms with E-state index >= 15 is 0 Å². The van der Waals surface area contributed by atoms with E-state index in [1.165, 1.54) is 4.57 Å². The van der Waals surface area contributed by atoms with Crippen LogP contribution in [0.4, 0.5) is 0 Å². The summed E-state index contributed by atoms with van der Waals surface area (Å²) in [5.41, 5.74) is 1.21. The van der Waals surface area contributed by atoms with Crippen molar-refractivity contribution in [1.82, 2.24) is 14.2 Å². The molecule has 0 aliphatic carbocycles. The monoisotopic (exact) mass is 221 g/mol. The minimum atomic E-state index is -0.566. The number of fused-ring (bicyclic) bond motifs is 1. The molecule has 5 heteroatoms. The SMILES string of the molecule is Cc1cc2c(=O)n(C(C)C(C)O)ccn2n1. The van der Waals surface area contributed by atoms with E-state index in [-0.39, 0.29) is 11.6 Å². The maximum Gasteiger partial charge on any atom is 0.276 e. The Hall–Kier alpha value is -1.62. The van der Waals surface area contributed by atoms with Gasteiger partial charge in [0.05, 0.1) is 17.8 Å². The number of hydrogen-bond donors (Lipinski definition) is 1. The van der Waals surface area contributed by atoms with Gasteiger partial charge >= 0.3 is 0 Å². The zero-order valence-electron chi connectivity index (χ0n) is 9.58. The number of nitrogens with zero attached hydrogens (tertiary/aromatic N) is 3. The molecule has 0 aliphatic heterocycles. The standard InChI is InChI=1S/C11H15N3O2/c1-7-6-10-11(16)13(8(2)9(3)15)4-5-14(10)12-7/h4-6,8-9,15H,1-3H3. The van der Waals surface area contributed by atoms with Crippen molar-refractivity contribution in [2.75, 3.05) is 0 Å². The molecule has 0 saturated heterocycles. The molecule has 1 N–H and O–H groups in total. The zero-order chi connectivity index (χ0) is 11.9. The van der Waals surface area contributed by atoms with Gasteiger partial charge in [-0.1, -0.05) is 0 Å². The van der Waals surface area contributed by atoms with Crippen molar-refractivity contribution in [3.8, 4) is 0 Å². The van der Waals surface area contributed by atoms with E-state index < -0.39 is 6.10 Å². The summed E-state index contributed by atoms with van der Waals surface area (Å²) in [6, 6.07) is 1.50. The van der Waals surface area contributed by atoms with E-state index in [4.69, 9.17) is 0 Å². The fourth-order valence-electron chi connectivity index (χ4n) is 1.68. The van der Waals surface area contributed by atoms with Gasteiger partial charge in [-0.3, -0.25) is 4.79 Å². The third-order valence-electron chi connectivity index (χ3n) is 2.82. The maximum atomic E-state index is 12.1. The summed E-state index contributed by atoms with van der Waals surface area (Å²) in [6.07, 6.45) is 2.81. The molecule has 2 heterocycles. The zero-order valence-corrected chi connectivity index (χ0v) is 9.58.